The van der Waals surface area contributed by atoms with E-state index in [0.717, 1.165) is 0 Å². The average molecular weight is 286 g/mol. The van der Waals surface area contributed by atoms with Crippen LogP contribution in [0.1, 0.15) is 0 Å². The van der Waals surface area contributed by atoms with Crippen molar-refractivity contribution in [1.82, 2.24) is 4.13 Å². The van der Waals surface area contributed by atoms with Gasteiger partial charge in [-0.2, -0.15) is 0 Å². The molecule has 0 bridgehead atoms. The maximum absolute atomic E-state index is 11.9. The standard InChI is InChI=1S/C10H10N2O4S2/c11-8-5-1-3-7-4-2-6-9(10(7)8)18(15,16)12-17(13)14/h1-6,17H,11H2,(H,12,13,14). The molecule has 2 rings (SSSR count). The first-order chi connectivity index (χ1) is 8.42. The summed E-state index contributed by atoms with van der Waals surface area (Å²) in [7, 11) is -7.39. The smallest absolute Gasteiger partial charge is 0.254 e. The highest BCUT2D eigenvalue weighted by atomic mass is 32.3. The van der Waals surface area contributed by atoms with Gasteiger partial charge in [-0.3, -0.25) is 0 Å². The highest BCUT2D eigenvalue weighted by Gasteiger charge is 2.19. The number of hydrogen-bond donors (Lipinski definition) is 3. The van der Waals surface area contributed by atoms with Gasteiger partial charge in [-0.25, -0.2) is 16.8 Å². The molecular weight excluding hydrogens is 276 g/mol. The van der Waals surface area contributed by atoms with E-state index < -0.39 is 20.9 Å². The number of nitrogen functional groups attached to an aromatic ring is 1. The van der Waals surface area contributed by atoms with Crippen molar-refractivity contribution in [2.24, 2.45) is 0 Å². The van der Waals surface area contributed by atoms with Crippen LogP contribution in [0.4, 0.5) is 5.69 Å². The Morgan fingerprint density at radius 3 is 2.28 bits per heavy atom. The fourth-order valence-electron chi connectivity index (χ4n) is 1.71. The topological polar surface area (TPSA) is 106 Å². The van der Waals surface area contributed by atoms with Crippen molar-refractivity contribution in [3.8, 4) is 0 Å². The highest BCUT2D eigenvalue weighted by Crippen LogP contribution is 2.27. The lowest BCUT2D eigenvalue weighted by molar-refractivity contribution is 0.586. The molecule has 0 aliphatic carbocycles. The quantitative estimate of drug-likeness (QED) is 0.553. The van der Waals surface area contributed by atoms with E-state index in [-0.39, 0.29) is 10.6 Å². The minimum absolute atomic E-state index is 0.155. The van der Waals surface area contributed by atoms with Gasteiger partial charge in [-0.05, 0) is 17.5 Å². The molecule has 0 fully saturated rings. The molecule has 8 heteroatoms. The van der Waals surface area contributed by atoms with Gasteiger partial charge in [0.25, 0.3) is 10.0 Å². The molecule has 6 nitrogen and oxygen atoms in total. The van der Waals surface area contributed by atoms with Crippen molar-refractivity contribution in [1.29, 1.82) is 0 Å². The molecule has 0 unspecified atom stereocenters. The molecule has 3 N–H and O–H groups in total. The summed E-state index contributed by atoms with van der Waals surface area (Å²) >= 11 is 0. The lowest BCUT2D eigenvalue weighted by Crippen LogP contribution is -2.22. The van der Waals surface area contributed by atoms with Gasteiger partial charge in [0.2, 0.25) is 10.9 Å². The van der Waals surface area contributed by atoms with Gasteiger partial charge in [-0.1, -0.05) is 24.3 Å². The zero-order valence-electron chi connectivity index (χ0n) is 9.03. The molecule has 0 radical (unpaired) electrons. The normalized spacial score (nSPS) is 12.1. The Labute approximate surface area is 106 Å². The molecule has 2 aromatic rings. The van der Waals surface area contributed by atoms with E-state index in [1.54, 1.807) is 24.3 Å². The summed E-state index contributed by atoms with van der Waals surface area (Å²) in [6.07, 6.45) is 0. The van der Waals surface area contributed by atoms with Gasteiger partial charge in [0, 0.05) is 11.1 Å². The Kier molecular flexibility index (Phi) is 3.24. The SMILES string of the molecule is Nc1cccc2cccc(S(=O)(=O)N[SH](=O)=O)c12. The van der Waals surface area contributed by atoms with Gasteiger partial charge in [0.05, 0.1) is 4.90 Å². The van der Waals surface area contributed by atoms with Crippen molar-refractivity contribution in [3.05, 3.63) is 36.4 Å². The summed E-state index contributed by atoms with van der Waals surface area (Å²) < 4.78 is 46.3. The maximum atomic E-state index is 11.9. The first kappa shape index (κ1) is 12.8. The molecular formula is C10H10N2O4S2. The van der Waals surface area contributed by atoms with E-state index in [2.05, 4.69) is 0 Å². The van der Waals surface area contributed by atoms with Gasteiger partial charge < -0.3 is 5.73 Å². The number of nitrogens with two attached hydrogens (primary N) is 1. The molecule has 0 aliphatic rings. The lowest BCUT2D eigenvalue weighted by Gasteiger charge is -2.08. The van der Waals surface area contributed by atoms with E-state index in [1.165, 1.54) is 16.3 Å². The Morgan fingerprint density at radius 2 is 1.67 bits per heavy atom. The second-order valence-electron chi connectivity index (χ2n) is 3.55. The summed E-state index contributed by atoms with van der Waals surface area (Å²) in [4.78, 5) is -0.155. The third-order valence-corrected chi connectivity index (χ3v) is 4.86. The van der Waals surface area contributed by atoms with Gasteiger partial charge in [0.15, 0.2) is 0 Å². The summed E-state index contributed by atoms with van der Waals surface area (Å²) in [5, 5.41) is 0.934. The molecule has 18 heavy (non-hydrogen) atoms. The van der Waals surface area contributed by atoms with Crippen molar-refractivity contribution >= 4 is 37.4 Å². The molecule has 96 valence electrons. The molecule has 0 aromatic heterocycles. The Balaban J connectivity index is 2.80. The molecule has 0 amide bonds. The molecule has 0 atom stereocenters. The number of anilines is 1. The maximum Gasteiger partial charge on any atom is 0.254 e. The number of fused-ring (bicyclic) bond motifs is 1. The number of thiol groups is 1. The van der Waals surface area contributed by atoms with Crippen LogP contribution in [0, 0.1) is 0 Å². The summed E-state index contributed by atoms with van der Waals surface area (Å²) in [5.74, 6) is 0. The largest absolute Gasteiger partial charge is 0.398 e. The molecule has 0 aliphatic heterocycles. The highest BCUT2D eigenvalue weighted by molar-refractivity contribution is 7.98. The van der Waals surface area contributed by atoms with Crippen LogP contribution in [0.3, 0.4) is 0 Å². The van der Waals surface area contributed by atoms with E-state index in [9.17, 15) is 16.8 Å². The van der Waals surface area contributed by atoms with Crippen molar-refractivity contribution in [2.75, 3.05) is 5.73 Å². The van der Waals surface area contributed by atoms with E-state index in [0.29, 0.717) is 10.8 Å². The van der Waals surface area contributed by atoms with Gasteiger partial charge >= 0.3 is 0 Å². The predicted molar refractivity (Wildman–Crippen MR) is 69.0 cm³/mol. The van der Waals surface area contributed by atoms with Crippen LogP contribution in [0.15, 0.2) is 41.3 Å². The van der Waals surface area contributed by atoms with Crippen LogP contribution in [0.5, 0.6) is 0 Å². The average Bonchev–Trinajstić information content (AvgIpc) is 2.27. The molecule has 0 saturated heterocycles. The Hall–Kier alpha value is -1.64. The van der Waals surface area contributed by atoms with Crippen LogP contribution in [0.2, 0.25) is 0 Å². The van der Waals surface area contributed by atoms with Gasteiger partial charge in [0.1, 0.15) is 0 Å². The summed E-state index contributed by atoms with van der Waals surface area (Å²) in [6, 6.07) is 9.46. The Morgan fingerprint density at radius 1 is 1.06 bits per heavy atom. The molecule has 0 spiro atoms. The van der Waals surface area contributed by atoms with Crippen LogP contribution in [0.25, 0.3) is 10.8 Å². The zero-order valence-corrected chi connectivity index (χ0v) is 10.7. The third-order valence-electron chi connectivity index (χ3n) is 2.38. The second-order valence-corrected chi connectivity index (χ2v) is 6.24. The van der Waals surface area contributed by atoms with Crippen molar-refractivity contribution in [2.45, 2.75) is 4.90 Å². The van der Waals surface area contributed by atoms with Crippen LogP contribution in [-0.2, 0) is 20.9 Å². The van der Waals surface area contributed by atoms with Crippen LogP contribution < -0.4 is 9.86 Å². The lowest BCUT2D eigenvalue weighted by atomic mass is 10.1. The summed E-state index contributed by atoms with van der Waals surface area (Å²) in [6.45, 7) is 0. The first-order valence-electron chi connectivity index (χ1n) is 4.86. The van der Waals surface area contributed by atoms with E-state index in [4.69, 9.17) is 5.73 Å². The van der Waals surface area contributed by atoms with E-state index >= 15 is 0 Å². The first-order valence-corrected chi connectivity index (χ1v) is 7.52. The molecule has 2 aromatic carbocycles. The third kappa shape index (κ3) is 2.30. The van der Waals surface area contributed by atoms with Gasteiger partial charge in [-0.15, -0.1) is 4.13 Å². The molecule has 0 saturated carbocycles. The minimum Gasteiger partial charge on any atom is -0.398 e. The predicted octanol–water partition coefficient (Wildman–Crippen LogP) is 0.227. The van der Waals surface area contributed by atoms with E-state index in [1.807, 2.05) is 0 Å². The number of rotatable bonds is 3. The Bertz CT molecular complexity index is 768. The monoisotopic (exact) mass is 286 g/mol. The number of sulfonamides is 1. The van der Waals surface area contributed by atoms with Crippen LogP contribution in [-0.4, -0.2) is 16.8 Å². The fourth-order valence-corrected chi connectivity index (χ4v) is 3.65. The zero-order chi connectivity index (χ0) is 13.3. The van der Waals surface area contributed by atoms with Crippen molar-refractivity contribution < 1.29 is 16.8 Å². The molecule has 0 heterocycles. The number of nitrogens with one attached hydrogen (secondary N) is 1. The summed E-state index contributed by atoms with van der Waals surface area (Å²) in [5.41, 5.74) is 6.01. The van der Waals surface area contributed by atoms with Crippen LogP contribution >= 0.6 is 0 Å². The fraction of sp³-hybridized carbons (Fsp3) is 0. The second kappa shape index (κ2) is 4.56. The number of hydrogen-bond acceptors (Lipinski definition) is 5. The van der Waals surface area contributed by atoms with Crippen molar-refractivity contribution in [3.63, 3.8) is 0 Å². The number of benzene rings is 2. The minimum atomic E-state index is -4.13.